The predicted octanol–water partition coefficient (Wildman–Crippen LogP) is 3.10. The molecule has 0 spiro atoms. The van der Waals surface area contributed by atoms with Crippen molar-refractivity contribution >= 4 is 48.0 Å². The van der Waals surface area contributed by atoms with Gasteiger partial charge in [0.15, 0.2) is 0 Å². The standard InChI is InChI=1S/C16H22ClN3O.2ClH/c17-13-5-1-2-6-14(13)19-9-11-20(12-10-19)15(21)16(18)7-3-4-8-16;;/h1-2,5-6H,3-4,7-12,18H2;2*1H. The highest BCUT2D eigenvalue weighted by molar-refractivity contribution is 6.33. The molecule has 1 aliphatic carbocycles. The molecule has 2 N–H and O–H groups in total. The van der Waals surface area contributed by atoms with Crippen LogP contribution >= 0.6 is 36.4 Å². The van der Waals surface area contributed by atoms with Crippen LogP contribution in [-0.2, 0) is 4.79 Å². The van der Waals surface area contributed by atoms with E-state index in [0.717, 1.165) is 62.6 Å². The quantitative estimate of drug-likeness (QED) is 0.857. The van der Waals surface area contributed by atoms with Crippen LogP contribution in [0.15, 0.2) is 24.3 Å². The minimum absolute atomic E-state index is 0. The Morgan fingerprint density at radius 3 is 2.17 bits per heavy atom. The van der Waals surface area contributed by atoms with Crippen molar-refractivity contribution in [1.82, 2.24) is 4.90 Å². The number of hydrogen-bond acceptors (Lipinski definition) is 3. The largest absolute Gasteiger partial charge is 0.367 e. The lowest BCUT2D eigenvalue weighted by Crippen LogP contribution is -2.58. The van der Waals surface area contributed by atoms with Crippen LogP contribution in [0.3, 0.4) is 0 Å². The molecule has 23 heavy (non-hydrogen) atoms. The van der Waals surface area contributed by atoms with E-state index >= 15 is 0 Å². The summed E-state index contributed by atoms with van der Waals surface area (Å²) in [7, 11) is 0. The van der Waals surface area contributed by atoms with Gasteiger partial charge in [0.05, 0.1) is 16.2 Å². The van der Waals surface area contributed by atoms with Crippen LogP contribution in [0.5, 0.6) is 0 Å². The number of halogens is 3. The fourth-order valence-electron chi connectivity index (χ4n) is 3.39. The van der Waals surface area contributed by atoms with Gasteiger partial charge in [-0.3, -0.25) is 4.79 Å². The Morgan fingerprint density at radius 1 is 1.04 bits per heavy atom. The van der Waals surface area contributed by atoms with Gasteiger partial charge in [0.1, 0.15) is 0 Å². The maximum absolute atomic E-state index is 12.6. The van der Waals surface area contributed by atoms with E-state index in [1.54, 1.807) is 0 Å². The van der Waals surface area contributed by atoms with Crippen LogP contribution in [0.4, 0.5) is 5.69 Å². The average molecular weight is 381 g/mol. The number of carbonyl (C=O) groups excluding carboxylic acids is 1. The van der Waals surface area contributed by atoms with Crippen molar-refractivity contribution in [3.63, 3.8) is 0 Å². The number of rotatable bonds is 2. The Kier molecular flexibility index (Phi) is 7.46. The maximum atomic E-state index is 12.6. The van der Waals surface area contributed by atoms with E-state index in [2.05, 4.69) is 4.90 Å². The average Bonchev–Trinajstić information content (AvgIpc) is 2.95. The van der Waals surface area contributed by atoms with Gasteiger partial charge in [0.25, 0.3) is 0 Å². The Hall–Kier alpha value is -0.680. The summed E-state index contributed by atoms with van der Waals surface area (Å²) in [6.45, 7) is 3.07. The summed E-state index contributed by atoms with van der Waals surface area (Å²) in [5.74, 6) is 0.138. The molecule has 1 heterocycles. The minimum atomic E-state index is -0.605. The van der Waals surface area contributed by atoms with Crippen molar-refractivity contribution in [3.05, 3.63) is 29.3 Å². The van der Waals surface area contributed by atoms with Gasteiger partial charge in [-0.2, -0.15) is 0 Å². The molecular formula is C16H24Cl3N3O. The van der Waals surface area contributed by atoms with Gasteiger partial charge in [0, 0.05) is 26.2 Å². The molecule has 2 aliphatic rings. The Balaban J connectivity index is 0.00000132. The highest BCUT2D eigenvalue weighted by atomic mass is 35.5. The number of amides is 1. The van der Waals surface area contributed by atoms with Gasteiger partial charge >= 0.3 is 0 Å². The number of carbonyl (C=O) groups is 1. The first kappa shape index (κ1) is 20.4. The zero-order chi connectivity index (χ0) is 14.9. The number of nitrogens with two attached hydrogens (primary N) is 1. The molecule has 1 saturated heterocycles. The van der Waals surface area contributed by atoms with Crippen LogP contribution in [0.1, 0.15) is 25.7 Å². The molecule has 7 heteroatoms. The van der Waals surface area contributed by atoms with E-state index in [1.165, 1.54) is 0 Å². The number of para-hydroxylation sites is 1. The number of anilines is 1. The zero-order valence-corrected chi connectivity index (χ0v) is 15.4. The second kappa shape index (κ2) is 8.43. The fraction of sp³-hybridized carbons (Fsp3) is 0.562. The normalized spacial score (nSPS) is 19.7. The summed E-state index contributed by atoms with van der Waals surface area (Å²) >= 11 is 6.24. The summed E-state index contributed by atoms with van der Waals surface area (Å²) in [6, 6.07) is 7.86. The van der Waals surface area contributed by atoms with E-state index in [4.69, 9.17) is 17.3 Å². The first-order valence-electron chi connectivity index (χ1n) is 7.68. The fourth-order valence-corrected chi connectivity index (χ4v) is 3.65. The monoisotopic (exact) mass is 379 g/mol. The lowest BCUT2D eigenvalue weighted by Gasteiger charge is -2.39. The van der Waals surface area contributed by atoms with Gasteiger partial charge < -0.3 is 15.5 Å². The molecule has 130 valence electrons. The molecule has 1 aromatic carbocycles. The Bertz CT molecular complexity index is 527. The third-order valence-corrected chi connectivity index (χ3v) is 5.00. The van der Waals surface area contributed by atoms with Gasteiger partial charge in [-0.05, 0) is 25.0 Å². The molecule has 1 amide bonds. The summed E-state index contributed by atoms with van der Waals surface area (Å²) in [5.41, 5.74) is 6.72. The molecule has 2 fully saturated rings. The van der Waals surface area contributed by atoms with Crippen LogP contribution < -0.4 is 10.6 Å². The second-order valence-electron chi connectivity index (χ2n) is 6.09. The molecule has 0 radical (unpaired) electrons. The van der Waals surface area contributed by atoms with Crippen LogP contribution in [0.2, 0.25) is 5.02 Å². The minimum Gasteiger partial charge on any atom is -0.367 e. The summed E-state index contributed by atoms with van der Waals surface area (Å²) < 4.78 is 0. The van der Waals surface area contributed by atoms with Crippen LogP contribution in [-0.4, -0.2) is 42.5 Å². The molecule has 3 rings (SSSR count). The number of benzene rings is 1. The van der Waals surface area contributed by atoms with Crippen LogP contribution in [0, 0.1) is 0 Å². The molecule has 1 aromatic rings. The Morgan fingerprint density at radius 2 is 1.61 bits per heavy atom. The SMILES string of the molecule is Cl.Cl.NC1(C(=O)N2CCN(c3ccccc3Cl)CC2)CCCC1. The predicted molar refractivity (Wildman–Crippen MR) is 100 cm³/mol. The second-order valence-corrected chi connectivity index (χ2v) is 6.50. The van der Waals surface area contributed by atoms with Crippen molar-refractivity contribution in [1.29, 1.82) is 0 Å². The van der Waals surface area contributed by atoms with E-state index in [9.17, 15) is 4.79 Å². The van der Waals surface area contributed by atoms with Crippen molar-refractivity contribution in [2.45, 2.75) is 31.2 Å². The molecule has 1 aliphatic heterocycles. The number of piperazine rings is 1. The van der Waals surface area contributed by atoms with Gasteiger partial charge in [-0.15, -0.1) is 24.8 Å². The number of hydrogen-bond donors (Lipinski definition) is 1. The highest BCUT2D eigenvalue weighted by Gasteiger charge is 2.40. The van der Waals surface area contributed by atoms with E-state index in [-0.39, 0.29) is 30.7 Å². The van der Waals surface area contributed by atoms with E-state index < -0.39 is 5.54 Å². The van der Waals surface area contributed by atoms with Crippen molar-refractivity contribution in [2.24, 2.45) is 5.73 Å². The summed E-state index contributed by atoms with van der Waals surface area (Å²) in [6.07, 6.45) is 3.80. The van der Waals surface area contributed by atoms with Gasteiger partial charge in [-0.25, -0.2) is 0 Å². The van der Waals surface area contributed by atoms with Gasteiger partial charge in [-0.1, -0.05) is 36.6 Å². The first-order chi connectivity index (χ1) is 10.1. The van der Waals surface area contributed by atoms with Crippen molar-refractivity contribution in [3.8, 4) is 0 Å². The highest BCUT2D eigenvalue weighted by Crippen LogP contribution is 2.30. The third kappa shape index (κ3) is 4.24. The molecular weight excluding hydrogens is 357 g/mol. The third-order valence-electron chi connectivity index (χ3n) is 4.68. The molecule has 0 bridgehead atoms. The lowest BCUT2D eigenvalue weighted by atomic mass is 9.97. The van der Waals surface area contributed by atoms with Gasteiger partial charge in [0.2, 0.25) is 5.91 Å². The van der Waals surface area contributed by atoms with E-state index in [0.29, 0.717) is 0 Å². The maximum Gasteiger partial charge on any atom is 0.242 e. The summed E-state index contributed by atoms with van der Waals surface area (Å²) in [5, 5.41) is 0.767. The first-order valence-corrected chi connectivity index (χ1v) is 8.06. The molecule has 4 nitrogen and oxygen atoms in total. The van der Waals surface area contributed by atoms with Crippen molar-refractivity contribution in [2.75, 3.05) is 31.1 Å². The molecule has 0 unspecified atom stereocenters. The molecule has 0 aromatic heterocycles. The molecule has 1 saturated carbocycles. The summed E-state index contributed by atoms with van der Waals surface area (Å²) in [4.78, 5) is 16.8. The lowest BCUT2D eigenvalue weighted by molar-refractivity contribution is -0.137. The van der Waals surface area contributed by atoms with Crippen LogP contribution in [0.25, 0.3) is 0 Å². The molecule has 0 atom stereocenters. The topological polar surface area (TPSA) is 49.6 Å². The zero-order valence-electron chi connectivity index (χ0n) is 13.0. The Labute approximate surface area is 155 Å². The number of nitrogens with zero attached hydrogens (tertiary/aromatic N) is 2. The van der Waals surface area contributed by atoms with Crippen molar-refractivity contribution < 1.29 is 4.79 Å². The van der Waals surface area contributed by atoms with E-state index in [1.807, 2.05) is 29.2 Å². The smallest absolute Gasteiger partial charge is 0.242 e.